The van der Waals surface area contributed by atoms with Crippen LogP contribution in [0.5, 0.6) is 0 Å². The summed E-state index contributed by atoms with van der Waals surface area (Å²) >= 11 is 0. The first-order valence-electron chi connectivity index (χ1n) is 9.30. The third-order valence-electron chi connectivity index (χ3n) is 5.18. The average molecular weight is 362 g/mol. The monoisotopic (exact) mass is 362 g/mol. The summed E-state index contributed by atoms with van der Waals surface area (Å²) in [6.07, 6.45) is 0. The molecule has 1 saturated heterocycles. The number of likely N-dealkylation sites (N-methyl/N-ethyl adjacent to an activating group) is 1. The molecule has 1 atom stereocenters. The van der Waals surface area contributed by atoms with Gasteiger partial charge in [0.05, 0.1) is 12.6 Å². The quantitative estimate of drug-likeness (QED) is 0.841. The first kappa shape index (κ1) is 18.9. The Bertz CT molecular complexity index is 863. The minimum Gasteiger partial charge on any atom is -0.369 e. The molecule has 5 heteroatoms. The Hall–Kier alpha value is -2.84. The van der Waals surface area contributed by atoms with Gasteiger partial charge in [0.25, 0.3) is 5.91 Å². The van der Waals surface area contributed by atoms with E-state index in [0.29, 0.717) is 11.3 Å². The third-order valence-corrected chi connectivity index (χ3v) is 5.18. The molecule has 27 heavy (non-hydrogen) atoms. The lowest BCUT2D eigenvalue weighted by molar-refractivity contribution is 0.0939. The molecule has 2 aromatic rings. The minimum absolute atomic E-state index is 0.0795. The number of rotatable bonds is 4. The van der Waals surface area contributed by atoms with Crippen molar-refractivity contribution in [3.05, 3.63) is 70.6 Å². The van der Waals surface area contributed by atoms with E-state index in [1.807, 2.05) is 44.2 Å². The molecule has 0 unspecified atom stereocenters. The van der Waals surface area contributed by atoms with Gasteiger partial charge in [-0.2, -0.15) is 0 Å². The SMILES string of the molecule is [C-]#[N+]c1cccc([C@@H](C)NC(=O)c2cc(N3CCN(C)CC3)ccc2C)c1. The van der Waals surface area contributed by atoms with E-state index < -0.39 is 0 Å². The molecule has 0 saturated carbocycles. The van der Waals surface area contributed by atoms with Crippen molar-refractivity contribution in [2.45, 2.75) is 19.9 Å². The van der Waals surface area contributed by atoms with E-state index in [4.69, 9.17) is 6.57 Å². The fourth-order valence-corrected chi connectivity index (χ4v) is 3.34. The van der Waals surface area contributed by atoms with Crippen molar-refractivity contribution >= 4 is 17.3 Å². The number of piperazine rings is 1. The predicted octanol–water partition coefficient (Wildman–Crippen LogP) is 3.79. The topological polar surface area (TPSA) is 39.9 Å². The van der Waals surface area contributed by atoms with Crippen LogP contribution in [0, 0.1) is 13.5 Å². The van der Waals surface area contributed by atoms with Gasteiger partial charge < -0.3 is 15.1 Å². The van der Waals surface area contributed by atoms with E-state index in [1.54, 1.807) is 6.07 Å². The number of aryl methyl sites for hydroxylation is 1. The standard InChI is InChI=1S/C22H26N4O/c1-16-8-9-20(26-12-10-25(4)11-13-26)15-21(16)22(27)24-17(2)18-6-5-7-19(14-18)23-3/h5-9,14-15,17H,10-13H2,1-2,4H3,(H,24,27)/t17-/m1/s1. The van der Waals surface area contributed by atoms with Crippen molar-refractivity contribution in [1.29, 1.82) is 0 Å². The summed E-state index contributed by atoms with van der Waals surface area (Å²) in [6, 6.07) is 13.3. The van der Waals surface area contributed by atoms with E-state index in [9.17, 15) is 4.79 Å². The molecule has 140 valence electrons. The molecule has 0 aromatic heterocycles. The number of benzene rings is 2. The molecular weight excluding hydrogens is 336 g/mol. The molecule has 0 aliphatic carbocycles. The second-order valence-electron chi connectivity index (χ2n) is 7.19. The molecule has 1 aliphatic heterocycles. The molecule has 1 fully saturated rings. The van der Waals surface area contributed by atoms with Crippen LogP contribution < -0.4 is 10.2 Å². The van der Waals surface area contributed by atoms with Crippen molar-refractivity contribution in [2.75, 3.05) is 38.1 Å². The smallest absolute Gasteiger partial charge is 0.252 e. The predicted molar refractivity (Wildman–Crippen MR) is 109 cm³/mol. The molecule has 1 amide bonds. The number of carbonyl (C=O) groups excluding carboxylic acids is 1. The van der Waals surface area contributed by atoms with Crippen LogP contribution in [0.1, 0.15) is 34.5 Å². The largest absolute Gasteiger partial charge is 0.369 e. The highest BCUT2D eigenvalue weighted by molar-refractivity contribution is 5.96. The molecule has 1 heterocycles. The zero-order valence-corrected chi connectivity index (χ0v) is 16.2. The van der Waals surface area contributed by atoms with Gasteiger partial charge in [-0.25, -0.2) is 4.85 Å². The summed E-state index contributed by atoms with van der Waals surface area (Å²) in [6.45, 7) is 15.1. The van der Waals surface area contributed by atoms with Gasteiger partial charge >= 0.3 is 0 Å². The summed E-state index contributed by atoms with van der Waals surface area (Å²) in [5.41, 5.74) is 4.29. The number of anilines is 1. The normalized spacial score (nSPS) is 15.9. The Balaban J connectivity index is 1.75. The lowest BCUT2D eigenvalue weighted by Crippen LogP contribution is -2.44. The second kappa shape index (κ2) is 8.24. The van der Waals surface area contributed by atoms with Gasteiger partial charge in [0.1, 0.15) is 0 Å². The van der Waals surface area contributed by atoms with Gasteiger partial charge in [-0.15, -0.1) is 0 Å². The summed E-state index contributed by atoms with van der Waals surface area (Å²) in [4.78, 5) is 21.0. The van der Waals surface area contributed by atoms with Crippen LogP contribution in [-0.4, -0.2) is 44.0 Å². The van der Waals surface area contributed by atoms with E-state index in [2.05, 4.69) is 33.1 Å². The van der Waals surface area contributed by atoms with Gasteiger partial charge in [0, 0.05) is 37.4 Å². The van der Waals surface area contributed by atoms with Crippen LogP contribution in [-0.2, 0) is 0 Å². The lowest BCUT2D eigenvalue weighted by Gasteiger charge is -2.34. The van der Waals surface area contributed by atoms with Crippen molar-refractivity contribution in [1.82, 2.24) is 10.2 Å². The Morgan fingerprint density at radius 1 is 1.15 bits per heavy atom. The third kappa shape index (κ3) is 4.47. The molecule has 5 nitrogen and oxygen atoms in total. The highest BCUT2D eigenvalue weighted by Gasteiger charge is 2.18. The van der Waals surface area contributed by atoms with Gasteiger partial charge in [-0.05, 0) is 44.2 Å². The summed E-state index contributed by atoms with van der Waals surface area (Å²) in [7, 11) is 2.13. The Kier molecular flexibility index (Phi) is 5.78. The summed E-state index contributed by atoms with van der Waals surface area (Å²) in [5.74, 6) is -0.0795. The number of nitrogens with one attached hydrogen (secondary N) is 1. The fourth-order valence-electron chi connectivity index (χ4n) is 3.34. The van der Waals surface area contributed by atoms with E-state index in [-0.39, 0.29) is 11.9 Å². The number of carbonyl (C=O) groups is 1. The number of hydrogen-bond donors (Lipinski definition) is 1. The summed E-state index contributed by atoms with van der Waals surface area (Å²) in [5, 5.41) is 3.07. The van der Waals surface area contributed by atoms with Crippen LogP contribution in [0.2, 0.25) is 0 Å². The number of hydrogen-bond acceptors (Lipinski definition) is 3. The molecule has 0 bridgehead atoms. The van der Waals surface area contributed by atoms with Crippen LogP contribution >= 0.6 is 0 Å². The molecule has 0 spiro atoms. The van der Waals surface area contributed by atoms with Gasteiger partial charge in [-0.1, -0.05) is 30.3 Å². The zero-order chi connectivity index (χ0) is 19.4. The average Bonchev–Trinajstić information content (AvgIpc) is 2.69. The Labute approximate surface area is 161 Å². The zero-order valence-electron chi connectivity index (χ0n) is 16.2. The fraction of sp³-hybridized carbons (Fsp3) is 0.364. The molecular formula is C22H26N4O. The highest BCUT2D eigenvalue weighted by Crippen LogP contribution is 2.23. The summed E-state index contributed by atoms with van der Waals surface area (Å²) < 4.78 is 0. The highest BCUT2D eigenvalue weighted by atomic mass is 16.1. The van der Waals surface area contributed by atoms with E-state index in [1.165, 1.54) is 0 Å². The van der Waals surface area contributed by atoms with Gasteiger partial charge in [0.2, 0.25) is 0 Å². The maximum absolute atomic E-state index is 12.9. The van der Waals surface area contributed by atoms with E-state index in [0.717, 1.165) is 43.0 Å². The van der Waals surface area contributed by atoms with Crippen LogP contribution in [0.25, 0.3) is 4.85 Å². The van der Waals surface area contributed by atoms with Crippen molar-refractivity contribution in [3.63, 3.8) is 0 Å². The van der Waals surface area contributed by atoms with Crippen LogP contribution in [0.4, 0.5) is 11.4 Å². The van der Waals surface area contributed by atoms with Crippen LogP contribution in [0.15, 0.2) is 42.5 Å². The number of nitrogens with zero attached hydrogens (tertiary/aromatic N) is 3. The second-order valence-corrected chi connectivity index (χ2v) is 7.19. The van der Waals surface area contributed by atoms with Gasteiger partial charge in [0.15, 0.2) is 5.69 Å². The Morgan fingerprint density at radius 3 is 2.59 bits per heavy atom. The van der Waals surface area contributed by atoms with Crippen LogP contribution in [0.3, 0.4) is 0 Å². The molecule has 1 N–H and O–H groups in total. The van der Waals surface area contributed by atoms with Gasteiger partial charge in [-0.3, -0.25) is 4.79 Å². The minimum atomic E-state index is -0.161. The lowest BCUT2D eigenvalue weighted by atomic mass is 10.0. The molecule has 1 aliphatic rings. The van der Waals surface area contributed by atoms with Crippen molar-refractivity contribution in [2.24, 2.45) is 0 Å². The first-order chi connectivity index (χ1) is 13.0. The first-order valence-corrected chi connectivity index (χ1v) is 9.30. The maximum Gasteiger partial charge on any atom is 0.252 e. The molecule has 0 radical (unpaired) electrons. The maximum atomic E-state index is 12.9. The number of amides is 1. The van der Waals surface area contributed by atoms with Crippen molar-refractivity contribution < 1.29 is 4.79 Å². The molecule has 2 aromatic carbocycles. The van der Waals surface area contributed by atoms with Crippen molar-refractivity contribution in [3.8, 4) is 0 Å². The van der Waals surface area contributed by atoms with E-state index >= 15 is 0 Å². The Morgan fingerprint density at radius 2 is 1.89 bits per heavy atom. The molecule has 3 rings (SSSR count).